The molecule has 0 amide bonds. The van der Waals surface area contributed by atoms with E-state index in [1.165, 1.54) is 0 Å². The molecule has 0 aromatic carbocycles. The summed E-state index contributed by atoms with van der Waals surface area (Å²) >= 11 is 0. The number of halogens is 2. The Hall–Kier alpha value is -0.470. The van der Waals surface area contributed by atoms with Gasteiger partial charge in [-0.05, 0) is 12.3 Å². The molecular weight excluding hydrogens is 138 g/mol. The zero-order valence-corrected chi connectivity index (χ0v) is 6.56. The minimum absolute atomic E-state index is 0. The van der Waals surface area contributed by atoms with Crippen molar-refractivity contribution in [1.29, 1.82) is 0 Å². The van der Waals surface area contributed by atoms with Gasteiger partial charge in [-0.3, -0.25) is 9.50 Å². The zero-order chi connectivity index (χ0) is 7.44. The number of carbonyl (C=O) groups excluding carboxylic acids is 1. The lowest BCUT2D eigenvalue weighted by Crippen LogP contribution is -2.07. The first kappa shape index (κ1) is 12.2. The lowest BCUT2D eigenvalue weighted by Gasteiger charge is -2.06. The molecule has 0 aliphatic carbocycles. The minimum atomic E-state index is -1.19. The van der Waals surface area contributed by atoms with Crippen LogP contribution in [-0.2, 0) is 4.79 Å². The van der Waals surface area contributed by atoms with Gasteiger partial charge in [-0.25, -0.2) is 0 Å². The maximum atomic E-state index is 11.8. The number of carbonyl (C=O) groups is 1. The van der Waals surface area contributed by atoms with Gasteiger partial charge < -0.3 is 0 Å². The summed E-state index contributed by atoms with van der Waals surface area (Å²) < 4.78 is 11.8. The molecule has 3 heteroatoms. The molecule has 10 heavy (non-hydrogen) atoms. The molecule has 0 heterocycles. The molecule has 0 rings (SSSR count). The Kier molecular flexibility index (Phi) is 6.51. The standard InChI is InChI=1S/C7H13FO.FH/c1-5(2)4-6(3)7(8)9;/h5-6H,4H2,1-3H3;1H. The smallest absolute Gasteiger partial charge is 0.269 e. The van der Waals surface area contributed by atoms with Crippen molar-refractivity contribution in [3.8, 4) is 0 Å². The molecule has 1 atom stereocenters. The maximum absolute atomic E-state index is 11.8. The van der Waals surface area contributed by atoms with Crippen molar-refractivity contribution in [3.63, 3.8) is 0 Å². The molecule has 0 saturated heterocycles. The second kappa shape index (κ2) is 5.33. The van der Waals surface area contributed by atoms with E-state index < -0.39 is 12.0 Å². The first-order valence-corrected chi connectivity index (χ1v) is 3.23. The van der Waals surface area contributed by atoms with Crippen LogP contribution in [0, 0.1) is 11.8 Å². The maximum Gasteiger partial charge on any atom is 0.304 e. The SMILES string of the molecule is CC(C)CC(C)C(=O)F.F. The Labute approximate surface area is 60.0 Å². The van der Waals surface area contributed by atoms with Gasteiger partial charge in [0.2, 0.25) is 0 Å². The van der Waals surface area contributed by atoms with Crippen LogP contribution in [0.2, 0.25) is 0 Å². The highest BCUT2D eigenvalue weighted by molar-refractivity contribution is 5.70. The molecule has 62 valence electrons. The van der Waals surface area contributed by atoms with Crippen LogP contribution >= 0.6 is 0 Å². The lowest BCUT2D eigenvalue weighted by molar-refractivity contribution is -0.133. The zero-order valence-electron chi connectivity index (χ0n) is 6.56. The van der Waals surface area contributed by atoms with Crippen LogP contribution in [0.4, 0.5) is 9.09 Å². The van der Waals surface area contributed by atoms with Crippen LogP contribution in [0.5, 0.6) is 0 Å². The van der Waals surface area contributed by atoms with Gasteiger partial charge >= 0.3 is 6.04 Å². The average molecular weight is 152 g/mol. The summed E-state index contributed by atoms with van der Waals surface area (Å²) in [6.45, 7) is 5.56. The summed E-state index contributed by atoms with van der Waals surface area (Å²) in [5, 5.41) is 0. The van der Waals surface area contributed by atoms with Crippen molar-refractivity contribution in [2.24, 2.45) is 11.8 Å². The molecule has 1 nitrogen and oxygen atoms in total. The molecule has 0 aromatic rings. The third kappa shape index (κ3) is 5.66. The fraction of sp³-hybridized carbons (Fsp3) is 0.857. The summed E-state index contributed by atoms with van der Waals surface area (Å²) in [5.41, 5.74) is 0. The number of hydrogen-bond donors (Lipinski definition) is 0. The van der Waals surface area contributed by atoms with Crippen LogP contribution in [0.25, 0.3) is 0 Å². The molecule has 0 saturated carbocycles. The Balaban J connectivity index is 0. The van der Waals surface area contributed by atoms with Gasteiger partial charge in [-0.15, -0.1) is 0 Å². The van der Waals surface area contributed by atoms with Gasteiger partial charge in [0.1, 0.15) is 0 Å². The van der Waals surface area contributed by atoms with Crippen LogP contribution in [0.3, 0.4) is 0 Å². The molecule has 0 fully saturated rings. The van der Waals surface area contributed by atoms with Gasteiger partial charge in [0, 0.05) is 5.92 Å². The first-order chi connectivity index (χ1) is 4.04. The van der Waals surface area contributed by atoms with Gasteiger partial charge in [0.05, 0.1) is 0 Å². The van der Waals surface area contributed by atoms with E-state index in [2.05, 4.69) is 0 Å². The van der Waals surface area contributed by atoms with Crippen LogP contribution in [0.15, 0.2) is 0 Å². The second-order valence-corrected chi connectivity index (χ2v) is 2.83. The van der Waals surface area contributed by atoms with Crippen LogP contribution < -0.4 is 0 Å². The van der Waals surface area contributed by atoms with Crippen molar-refractivity contribution < 1.29 is 13.9 Å². The Morgan fingerprint density at radius 1 is 1.40 bits per heavy atom. The van der Waals surface area contributed by atoms with E-state index in [0.29, 0.717) is 12.3 Å². The van der Waals surface area contributed by atoms with Crippen molar-refractivity contribution in [2.45, 2.75) is 27.2 Å². The van der Waals surface area contributed by atoms with Crippen molar-refractivity contribution in [2.75, 3.05) is 0 Å². The normalized spacial score (nSPS) is 12.5. The summed E-state index contributed by atoms with van der Waals surface area (Å²) in [7, 11) is 0. The molecule has 0 bridgehead atoms. The van der Waals surface area contributed by atoms with E-state index in [0.717, 1.165) is 0 Å². The Bertz CT molecular complexity index is 102. The van der Waals surface area contributed by atoms with Crippen molar-refractivity contribution in [1.82, 2.24) is 0 Å². The van der Waals surface area contributed by atoms with Gasteiger partial charge in [-0.1, -0.05) is 20.8 Å². The largest absolute Gasteiger partial charge is 0.304 e. The topological polar surface area (TPSA) is 17.1 Å². The molecule has 0 N–H and O–H groups in total. The molecule has 0 aromatic heterocycles. The van der Waals surface area contributed by atoms with E-state index in [1.54, 1.807) is 6.92 Å². The number of hydrogen-bond acceptors (Lipinski definition) is 1. The fourth-order valence-corrected chi connectivity index (χ4v) is 0.800. The third-order valence-electron chi connectivity index (χ3n) is 1.21. The van der Waals surface area contributed by atoms with Crippen molar-refractivity contribution >= 4 is 6.04 Å². The van der Waals surface area contributed by atoms with Crippen molar-refractivity contribution in [3.05, 3.63) is 0 Å². The van der Waals surface area contributed by atoms with Gasteiger partial charge in [0.15, 0.2) is 0 Å². The van der Waals surface area contributed by atoms with Gasteiger partial charge in [0.25, 0.3) is 0 Å². The molecular formula is C7H14F2O. The minimum Gasteiger partial charge on any atom is -0.269 e. The highest BCUT2D eigenvalue weighted by Gasteiger charge is 2.12. The highest BCUT2D eigenvalue weighted by Crippen LogP contribution is 2.11. The predicted octanol–water partition coefficient (Wildman–Crippen LogP) is 2.32. The number of rotatable bonds is 3. The quantitative estimate of drug-likeness (QED) is 0.567. The van der Waals surface area contributed by atoms with E-state index in [-0.39, 0.29) is 4.70 Å². The van der Waals surface area contributed by atoms with E-state index >= 15 is 0 Å². The molecule has 0 radical (unpaired) electrons. The fourth-order valence-electron chi connectivity index (χ4n) is 0.800. The Morgan fingerprint density at radius 2 is 1.80 bits per heavy atom. The second-order valence-electron chi connectivity index (χ2n) is 2.83. The predicted molar refractivity (Wildman–Crippen MR) is 37.2 cm³/mol. The third-order valence-corrected chi connectivity index (χ3v) is 1.21. The Morgan fingerprint density at radius 3 is 1.90 bits per heavy atom. The average Bonchev–Trinajstić information content (AvgIpc) is 1.63. The monoisotopic (exact) mass is 152 g/mol. The van der Waals surface area contributed by atoms with Crippen LogP contribution in [0.1, 0.15) is 27.2 Å². The van der Waals surface area contributed by atoms with Crippen LogP contribution in [-0.4, -0.2) is 6.04 Å². The molecule has 1 unspecified atom stereocenters. The molecule has 0 aliphatic rings. The summed E-state index contributed by atoms with van der Waals surface area (Å²) in [6.07, 6.45) is 0.648. The van der Waals surface area contributed by atoms with E-state index in [4.69, 9.17) is 0 Å². The summed E-state index contributed by atoms with van der Waals surface area (Å²) in [5.74, 6) is -0.00954. The van der Waals surface area contributed by atoms with E-state index in [1.807, 2.05) is 13.8 Å². The summed E-state index contributed by atoms with van der Waals surface area (Å²) in [4.78, 5) is 10.0. The molecule has 0 spiro atoms. The lowest BCUT2D eigenvalue weighted by atomic mass is 10.00. The first-order valence-electron chi connectivity index (χ1n) is 3.23. The highest BCUT2D eigenvalue weighted by atomic mass is 19.1. The van der Waals surface area contributed by atoms with Gasteiger partial charge in [-0.2, -0.15) is 4.39 Å². The van der Waals surface area contributed by atoms with E-state index in [9.17, 15) is 9.18 Å². The summed E-state index contributed by atoms with van der Waals surface area (Å²) in [6, 6.07) is -1.19. The molecule has 0 aliphatic heterocycles.